The maximum atomic E-state index is 12.6. The standard InChI is InChI=1S/C10H15F2NO2/c1-9(3-2-4-15-6-9)13-8(14)7-5-10(7,11)12/h7H,2-6H2,1H3,(H,13,14). The van der Waals surface area contributed by atoms with E-state index in [1.54, 1.807) is 0 Å². The van der Waals surface area contributed by atoms with Gasteiger partial charge in [0.15, 0.2) is 0 Å². The molecule has 1 amide bonds. The van der Waals surface area contributed by atoms with Gasteiger partial charge in [-0.15, -0.1) is 0 Å². The number of rotatable bonds is 2. The van der Waals surface area contributed by atoms with E-state index in [0.717, 1.165) is 12.8 Å². The van der Waals surface area contributed by atoms with Crippen molar-refractivity contribution in [2.24, 2.45) is 5.92 Å². The van der Waals surface area contributed by atoms with Gasteiger partial charge in [0, 0.05) is 13.0 Å². The maximum Gasteiger partial charge on any atom is 0.260 e. The van der Waals surface area contributed by atoms with E-state index in [1.807, 2.05) is 6.92 Å². The van der Waals surface area contributed by atoms with Crippen LogP contribution in [-0.4, -0.2) is 30.6 Å². The molecule has 2 rings (SSSR count). The number of halogens is 2. The molecule has 0 aromatic carbocycles. The van der Waals surface area contributed by atoms with Crippen LogP contribution in [0.15, 0.2) is 0 Å². The fourth-order valence-electron chi connectivity index (χ4n) is 1.91. The summed E-state index contributed by atoms with van der Waals surface area (Å²) in [5.41, 5.74) is -0.464. The van der Waals surface area contributed by atoms with Gasteiger partial charge in [-0.2, -0.15) is 0 Å². The first kappa shape index (κ1) is 10.8. The molecule has 5 heteroatoms. The van der Waals surface area contributed by atoms with Crippen molar-refractivity contribution >= 4 is 5.91 Å². The maximum absolute atomic E-state index is 12.6. The highest BCUT2D eigenvalue weighted by Gasteiger charge is 2.61. The summed E-state index contributed by atoms with van der Waals surface area (Å²) in [4.78, 5) is 11.4. The van der Waals surface area contributed by atoms with Crippen LogP contribution in [0.4, 0.5) is 8.78 Å². The van der Waals surface area contributed by atoms with Crippen LogP contribution in [0.5, 0.6) is 0 Å². The normalized spacial score (nSPS) is 38.5. The number of carbonyl (C=O) groups is 1. The lowest BCUT2D eigenvalue weighted by atomic mass is 9.94. The van der Waals surface area contributed by atoms with E-state index in [1.165, 1.54) is 0 Å². The Hall–Kier alpha value is -0.710. The smallest absolute Gasteiger partial charge is 0.260 e. The van der Waals surface area contributed by atoms with Gasteiger partial charge in [-0.25, -0.2) is 8.78 Å². The van der Waals surface area contributed by atoms with Crippen LogP contribution >= 0.6 is 0 Å². The molecule has 0 bridgehead atoms. The minimum atomic E-state index is -2.78. The van der Waals surface area contributed by atoms with Crippen LogP contribution in [0.3, 0.4) is 0 Å². The molecule has 1 saturated carbocycles. The average Bonchev–Trinajstić information content (AvgIpc) is 2.76. The third-order valence-corrected chi connectivity index (χ3v) is 3.01. The molecule has 1 aliphatic carbocycles. The molecular formula is C10H15F2NO2. The largest absolute Gasteiger partial charge is 0.379 e. The third kappa shape index (κ3) is 2.27. The lowest BCUT2D eigenvalue weighted by molar-refractivity contribution is -0.128. The second-order valence-electron chi connectivity index (χ2n) is 4.72. The van der Waals surface area contributed by atoms with Crippen LogP contribution < -0.4 is 5.32 Å². The Morgan fingerprint density at radius 2 is 2.20 bits per heavy atom. The van der Waals surface area contributed by atoms with E-state index >= 15 is 0 Å². The molecule has 86 valence electrons. The summed E-state index contributed by atoms with van der Waals surface area (Å²) in [6.07, 6.45) is 1.34. The van der Waals surface area contributed by atoms with E-state index in [2.05, 4.69) is 5.32 Å². The molecule has 0 aromatic heterocycles. The number of nitrogens with one attached hydrogen (secondary N) is 1. The van der Waals surface area contributed by atoms with Gasteiger partial charge in [-0.1, -0.05) is 0 Å². The lowest BCUT2D eigenvalue weighted by Gasteiger charge is -2.34. The van der Waals surface area contributed by atoms with Crippen LogP contribution in [0.1, 0.15) is 26.2 Å². The highest BCUT2D eigenvalue weighted by atomic mass is 19.3. The van der Waals surface area contributed by atoms with Crippen molar-refractivity contribution in [3.8, 4) is 0 Å². The van der Waals surface area contributed by atoms with Gasteiger partial charge in [0.2, 0.25) is 5.91 Å². The molecule has 1 aliphatic heterocycles. The van der Waals surface area contributed by atoms with E-state index in [9.17, 15) is 13.6 Å². The molecule has 2 fully saturated rings. The van der Waals surface area contributed by atoms with Crippen molar-refractivity contribution in [3.05, 3.63) is 0 Å². The number of alkyl halides is 2. The van der Waals surface area contributed by atoms with Crippen molar-refractivity contribution in [2.45, 2.75) is 37.6 Å². The first-order valence-electron chi connectivity index (χ1n) is 5.21. The lowest BCUT2D eigenvalue weighted by Crippen LogP contribution is -2.52. The monoisotopic (exact) mass is 219 g/mol. The van der Waals surface area contributed by atoms with Gasteiger partial charge in [0.25, 0.3) is 5.92 Å². The van der Waals surface area contributed by atoms with Crippen LogP contribution in [0.25, 0.3) is 0 Å². The van der Waals surface area contributed by atoms with Gasteiger partial charge in [-0.05, 0) is 19.8 Å². The van der Waals surface area contributed by atoms with Gasteiger partial charge in [0.05, 0.1) is 12.1 Å². The molecule has 1 saturated heterocycles. The number of hydrogen-bond acceptors (Lipinski definition) is 2. The van der Waals surface area contributed by atoms with E-state index < -0.39 is 23.3 Å². The zero-order chi connectivity index (χ0) is 11.1. The number of hydrogen-bond donors (Lipinski definition) is 1. The third-order valence-electron chi connectivity index (χ3n) is 3.01. The van der Waals surface area contributed by atoms with Crippen molar-refractivity contribution in [1.82, 2.24) is 5.32 Å². The Morgan fingerprint density at radius 1 is 1.53 bits per heavy atom. The van der Waals surface area contributed by atoms with E-state index in [4.69, 9.17) is 4.74 Å². The quantitative estimate of drug-likeness (QED) is 0.760. The molecule has 0 spiro atoms. The van der Waals surface area contributed by atoms with Gasteiger partial charge < -0.3 is 10.1 Å². The summed E-state index contributed by atoms with van der Waals surface area (Å²) < 4.78 is 30.5. The van der Waals surface area contributed by atoms with Gasteiger partial charge in [0.1, 0.15) is 5.92 Å². The summed E-state index contributed by atoms with van der Waals surface area (Å²) in [7, 11) is 0. The molecule has 0 aromatic rings. The molecule has 15 heavy (non-hydrogen) atoms. The average molecular weight is 219 g/mol. The molecule has 3 nitrogen and oxygen atoms in total. The highest BCUT2D eigenvalue weighted by molar-refractivity contribution is 5.83. The van der Waals surface area contributed by atoms with Crippen molar-refractivity contribution < 1.29 is 18.3 Å². The van der Waals surface area contributed by atoms with Crippen molar-refractivity contribution in [2.75, 3.05) is 13.2 Å². The zero-order valence-electron chi connectivity index (χ0n) is 8.69. The van der Waals surface area contributed by atoms with Crippen LogP contribution in [-0.2, 0) is 9.53 Å². The SMILES string of the molecule is CC1(NC(=O)C2CC2(F)F)CCCOC1. The van der Waals surface area contributed by atoms with Crippen LogP contribution in [0, 0.1) is 5.92 Å². The Labute approximate surface area is 87.2 Å². The Bertz CT molecular complexity index is 275. The Balaban J connectivity index is 1.88. The topological polar surface area (TPSA) is 38.3 Å². The number of carbonyl (C=O) groups excluding carboxylic acids is 1. The molecule has 0 radical (unpaired) electrons. The second kappa shape index (κ2) is 3.40. The highest BCUT2D eigenvalue weighted by Crippen LogP contribution is 2.48. The molecular weight excluding hydrogens is 204 g/mol. The predicted molar refractivity (Wildman–Crippen MR) is 49.7 cm³/mol. The first-order chi connectivity index (χ1) is 6.93. The van der Waals surface area contributed by atoms with E-state index in [0.29, 0.717) is 13.2 Å². The number of ether oxygens (including phenoxy) is 1. The summed E-state index contributed by atoms with van der Waals surface area (Å²) in [6, 6.07) is 0. The van der Waals surface area contributed by atoms with Crippen molar-refractivity contribution in [1.29, 1.82) is 0 Å². The minimum absolute atomic E-state index is 0.310. The fourth-order valence-corrected chi connectivity index (χ4v) is 1.91. The summed E-state index contributed by atoms with van der Waals surface area (Å²) in [5, 5.41) is 2.67. The molecule has 2 atom stereocenters. The molecule has 2 unspecified atom stereocenters. The fraction of sp³-hybridized carbons (Fsp3) is 0.900. The first-order valence-corrected chi connectivity index (χ1v) is 5.21. The Morgan fingerprint density at radius 3 is 2.67 bits per heavy atom. The molecule has 1 N–H and O–H groups in total. The van der Waals surface area contributed by atoms with Crippen molar-refractivity contribution in [3.63, 3.8) is 0 Å². The van der Waals surface area contributed by atoms with E-state index in [-0.39, 0.29) is 6.42 Å². The summed E-state index contributed by atoms with van der Waals surface area (Å²) in [5.74, 6) is -4.43. The number of amides is 1. The van der Waals surface area contributed by atoms with Crippen LogP contribution in [0.2, 0.25) is 0 Å². The molecule has 2 aliphatic rings. The van der Waals surface area contributed by atoms with Gasteiger partial charge in [-0.3, -0.25) is 4.79 Å². The van der Waals surface area contributed by atoms with Gasteiger partial charge >= 0.3 is 0 Å². The minimum Gasteiger partial charge on any atom is -0.379 e. The summed E-state index contributed by atoms with van der Waals surface area (Å²) >= 11 is 0. The Kier molecular flexibility index (Phi) is 2.45. The predicted octanol–water partition coefficient (Wildman–Crippen LogP) is 1.33. The zero-order valence-corrected chi connectivity index (χ0v) is 8.69. The second-order valence-corrected chi connectivity index (χ2v) is 4.72. The summed E-state index contributed by atoms with van der Waals surface area (Å²) in [6.45, 7) is 2.94. The molecule has 1 heterocycles.